The highest BCUT2D eigenvalue weighted by atomic mass is 16.6. The number of aryl methyl sites for hydroxylation is 1. The Labute approximate surface area is 170 Å². The SMILES string of the molecule is COc1ccc([C@@]2(C)OC(COc3cccc(C)c3C)=NN2C(C)=O)cc1OC. The van der Waals surface area contributed by atoms with Crippen molar-refractivity contribution in [2.45, 2.75) is 33.4 Å². The van der Waals surface area contributed by atoms with Gasteiger partial charge in [0.15, 0.2) is 18.1 Å². The van der Waals surface area contributed by atoms with Crippen LogP contribution < -0.4 is 14.2 Å². The number of ether oxygens (including phenoxy) is 4. The highest BCUT2D eigenvalue weighted by Crippen LogP contribution is 2.39. The molecule has 3 rings (SSSR count). The molecule has 0 bridgehead atoms. The van der Waals surface area contributed by atoms with Crippen LogP contribution >= 0.6 is 0 Å². The summed E-state index contributed by atoms with van der Waals surface area (Å²) in [6, 6.07) is 11.2. The maximum atomic E-state index is 12.3. The molecule has 0 radical (unpaired) electrons. The largest absolute Gasteiger partial charge is 0.493 e. The second-order valence-corrected chi connectivity index (χ2v) is 6.97. The standard InChI is InChI=1S/C22H26N2O5/c1-14-8-7-9-18(15(14)2)28-13-21-23-24(16(3)25)22(4,29-21)17-10-11-19(26-5)20(12-17)27-6/h7-12H,13H2,1-6H3/t22-/m1/s1. The number of carbonyl (C=O) groups is 1. The summed E-state index contributed by atoms with van der Waals surface area (Å²) in [5.74, 6) is 1.96. The Balaban J connectivity index is 1.86. The van der Waals surface area contributed by atoms with Crippen molar-refractivity contribution in [2.24, 2.45) is 5.10 Å². The van der Waals surface area contributed by atoms with Gasteiger partial charge in [0.1, 0.15) is 5.75 Å². The van der Waals surface area contributed by atoms with Crippen LogP contribution in [-0.2, 0) is 15.3 Å². The van der Waals surface area contributed by atoms with E-state index in [1.165, 1.54) is 11.9 Å². The zero-order valence-corrected chi connectivity index (χ0v) is 17.6. The summed E-state index contributed by atoms with van der Waals surface area (Å²) < 4.78 is 22.7. The molecule has 1 amide bonds. The third-order valence-corrected chi connectivity index (χ3v) is 5.06. The smallest absolute Gasteiger partial charge is 0.247 e. The highest BCUT2D eigenvalue weighted by Gasteiger charge is 2.45. The Kier molecular flexibility index (Phi) is 5.68. The summed E-state index contributed by atoms with van der Waals surface area (Å²) in [4.78, 5) is 12.3. The van der Waals surface area contributed by atoms with Gasteiger partial charge in [0.05, 0.1) is 14.2 Å². The van der Waals surface area contributed by atoms with Crippen molar-refractivity contribution in [3.8, 4) is 17.2 Å². The molecule has 0 unspecified atom stereocenters. The topological polar surface area (TPSA) is 69.6 Å². The van der Waals surface area contributed by atoms with Crippen molar-refractivity contribution in [2.75, 3.05) is 20.8 Å². The molecule has 1 heterocycles. The van der Waals surface area contributed by atoms with E-state index in [-0.39, 0.29) is 12.5 Å². The summed E-state index contributed by atoms with van der Waals surface area (Å²) in [6.07, 6.45) is 0. The van der Waals surface area contributed by atoms with Gasteiger partial charge in [0, 0.05) is 19.4 Å². The van der Waals surface area contributed by atoms with E-state index in [2.05, 4.69) is 5.10 Å². The molecule has 1 aliphatic rings. The number of hydrogen-bond donors (Lipinski definition) is 0. The first kappa shape index (κ1) is 20.5. The van der Waals surface area contributed by atoms with Gasteiger partial charge in [0.25, 0.3) is 0 Å². The van der Waals surface area contributed by atoms with Crippen LogP contribution in [0.15, 0.2) is 41.5 Å². The molecule has 1 atom stereocenters. The number of hydrazone groups is 1. The first-order chi connectivity index (χ1) is 13.8. The number of carbonyl (C=O) groups excluding carboxylic acids is 1. The van der Waals surface area contributed by atoms with Crippen LogP contribution in [-0.4, -0.2) is 37.6 Å². The Morgan fingerprint density at radius 2 is 1.83 bits per heavy atom. The number of amides is 1. The van der Waals surface area contributed by atoms with Gasteiger partial charge in [-0.2, -0.15) is 5.01 Å². The first-order valence-electron chi connectivity index (χ1n) is 9.29. The molecule has 0 spiro atoms. The Morgan fingerprint density at radius 1 is 1.10 bits per heavy atom. The molecule has 7 heteroatoms. The number of rotatable bonds is 6. The number of methoxy groups -OCH3 is 2. The maximum absolute atomic E-state index is 12.3. The second-order valence-electron chi connectivity index (χ2n) is 6.97. The van der Waals surface area contributed by atoms with Crippen LogP contribution in [0.3, 0.4) is 0 Å². The lowest BCUT2D eigenvalue weighted by Crippen LogP contribution is -2.41. The van der Waals surface area contributed by atoms with Crippen molar-refractivity contribution in [3.63, 3.8) is 0 Å². The minimum atomic E-state index is -1.12. The molecule has 0 fully saturated rings. The van der Waals surface area contributed by atoms with E-state index in [0.29, 0.717) is 23.0 Å². The van der Waals surface area contributed by atoms with Crippen LogP contribution in [0.4, 0.5) is 0 Å². The van der Waals surface area contributed by atoms with Crippen LogP contribution in [0, 0.1) is 13.8 Å². The van der Waals surface area contributed by atoms with Gasteiger partial charge in [0.2, 0.25) is 17.5 Å². The lowest BCUT2D eigenvalue weighted by molar-refractivity contribution is -0.146. The van der Waals surface area contributed by atoms with Gasteiger partial charge in [-0.3, -0.25) is 4.79 Å². The fraction of sp³-hybridized carbons (Fsp3) is 0.364. The summed E-state index contributed by atoms with van der Waals surface area (Å²) in [6.45, 7) is 7.36. The summed E-state index contributed by atoms with van der Waals surface area (Å²) in [5.41, 5.74) is 1.77. The minimum absolute atomic E-state index is 0.108. The van der Waals surface area contributed by atoms with Crippen LogP contribution in [0.1, 0.15) is 30.5 Å². The normalized spacial score (nSPS) is 18.1. The fourth-order valence-electron chi connectivity index (χ4n) is 3.26. The number of nitrogens with zero attached hydrogens (tertiary/aromatic N) is 2. The third kappa shape index (κ3) is 3.85. The van der Waals surface area contributed by atoms with Gasteiger partial charge in [-0.05, 0) is 49.2 Å². The molecule has 0 aliphatic carbocycles. The van der Waals surface area contributed by atoms with E-state index in [9.17, 15) is 4.79 Å². The summed E-state index contributed by atoms with van der Waals surface area (Å²) in [5, 5.41) is 5.68. The third-order valence-electron chi connectivity index (χ3n) is 5.06. The lowest BCUT2D eigenvalue weighted by atomic mass is 10.0. The van der Waals surface area contributed by atoms with Crippen molar-refractivity contribution in [3.05, 3.63) is 53.1 Å². The van der Waals surface area contributed by atoms with E-state index in [4.69, 9.17) is 18.9 Å². The van der Waals surface area contributed by atoms with Crippen LogP contribution in [0.25, 0.3) is 0 Å². The van der Waals surface area contributed by atoms with E-state index in [1.54, 1.807) is 33.3 Å². The van der Waals surface area contributed by atoms with Gasteiger partial charge in [-0.25, -0.2) is 0 Å². The molecule has 2 aromatic rings. The van der Waals surface area contributed by atoms with Gasteiger partial charge >= 0.3 is 0 Å². The number of hydrogen-bond acceptors (Lipinski definition) is 6. The van der Waals surface area contributed by atoms with E-state index < -0.39 is 5.72 Å². The van der Waals surface area contributed by atoms with Crippen molar-refractivity contribution < 1.29 is 23.7 Å². The van der Waals surface area contributed by atoms with Crippen molar-refractivity contribution in [1.29, 1.82) is 0 Å². The van der Waals surface area contributed by atoms with Crippen molar-refractivity contribution >= 4 is 11.8 Å². The quantitative estimate of drug-likeness (QED) is 0.741. The monoisotopic (exact) mass is 398 g/mol. The van der Waals surface area contributed by atoms with Gasteiger partial charge in [-0.15, -0.1) is 5.10 Å². The average molecular weight is 398 g/mol. The van der Waals surface area contributed by atoms with Crippen LogP contribution in [0.2, 0.25) is 0 Å². The Hall–Kier alpha value is -3.22. The van der Waals surface area contributed by atoms with E-state index in [0.717, 1.165) is 16.9 Å². The summed E-state index contributed by atoms with van der Waals surface area (Å²) >= 11 is 0. The van der Waals surface area contributed by atoms with Crippen molar-refractivity contribution in [1.82, 2.24) is 5.01 Å². The van der Waals surface area contributed by atoms with Gasteiger partial charge in [-0.1, -0.05) is 12.1 Å². The Morgan fingerprint density at radius 3 is 2.48 bits per heavy atom. The second kappa shape index (κ2) is 8.03. The first-order valence-corrected chi connectivity index (χ1v) is 9.29. The lowest BCUT2D eigenvalue weighted by Gasteiger charge is -2.31. The molecule has 7 nitrogen and oxygen atoms in total. The van der Waals surface area contributed by atoms with Crippen LogP contribution in [0.5, 0.6) is 17.2 Å². The minimum Gasteiger partial charge on any atom is -0.493 e. The molecular weight excluding hydrogens is 372 g/mol. The van der Waals surface area contributed by atoms with E-state index in [1.807, 2.05) is 38.1 Å². The molecule has 0 aromatic heterocycles. The average Bonchev–Trinajstić information content (AvgIpc) is 3.06. The zero-order valence-electron chi connectivity index (χ0n) is 17.6. The van der Waals surface area contributed by atoms with E-state index >= 15 is 0 Å². The molecule has 0 saturated carbocycles. The molecule has 0 N–H and O–H groups in total. The molecule has 154 valence electrons. The molecule has 2 aromatic carbocycles. The predicted octanol–water partition coefficient (Wildman–Crippen LogP) is 3.76. The number of benzene rings is 2. The van der Waals surface area contributed by atoms with Gasteiger partial charge < -0.3 is 18.9 Å². The molecule has 0 saturated heterocycles. The highest BCUT2D eigenvalue weighted by molar-refractivity contribution is 5.84. The molecule has 29 heavy (non-hydrogen) atoms. The Bertz CT molecular complexity index is 956. The fourth-order valence-corrected chi connectivity index (χ4v) is 3.26. The predicted molar refractivity (Wildman–Crippen MR) is 109 cm³/mol. The summed E-state index contributed by atoms with van der Waals surface area (Å²) in [7, 11) is 3.13. The maximum Gasteiger partial charge on any atom is 0.247 e. The zero-order chi connectivity index (χ0) is 21.2. The molecule has 1 aliphatic heterocycles. The molecular formula is C22H26N2O5.